The maximum atomic E-state index is 12.0. The molecule has 1 aromatic rings. The van der Waals surface area contributed by atoms with E-state index in [2.05, 4.69) is 15.6 Å². The number of hydrogen-bond donors (Lipinski definition) is 1. The zero-order valence-electron chi connectivity index (χ0n) is 9.81. The fourth-order valence-corrected chi connectivity index (χ4v) is 1.90. The summed E-state index contributed by atoms with van der Waals surface area (Å²) in [5, 5.41) is 11.2. The largest absolute Gasteiger partial charge is 0.312 e. The highest BCUT2D eigenvalue weighted by atomic mass is 16.1. The maximum Gasteiger partial charge on any atom is 0.187 e. The van der Waals surface area contributed by atoms with Crippen molar-refractivity contribution in [2.75, 3.05) is 13.1 Å². The Morgan fingerprint density at radius 2 is 2.25 bits per heavy atom. The average Bonchev–Trinajstić information content (AvgIpc) is 2.66. The summed E-state index contributed by atoms with van der Waals surface area (Å²) < 4.78 is 1.80. The molecule has 1 fully saturated rings. The second-order valence-electron chi connectivity index (χ2n) is 4.27. The SMILES string of the molecule is CCC(CC)C(=O)c1cn(C2CNC2)nn1. The second kappa shape index (κ2) is 4.74. The second-order valence-corrected chi connectivity index (χ2v) is 4.27. The lowest BCUT2D eigenvalue weighted by Crippen LogP contribution is -2.43. The number of ketones is 1. The first kappa shape index (κ1) is 11.3. The van der Waals surface area contributed by atoms with Crippen molar-refractivity contribution >= 4 is 5.78 Å². The van der Waals surface area contributed by atoms with Crippen molar-refractivity contribution < 1.29 is 4.79 Å². The van der Waals surface area contributed by atoms with Crippen molar-refractivity contribution in [3.8, 4) is 0 Å². The zero-order valence-corrected chi connectivity index (χ0v) is 9.81. The van der Waals surface area contributed by atoms with Crippen LogP contribution in [0.4, 0.5) is 0 Å². The van der Waals surface area contributed by atoms with Crippen LogP contribution < -0.4 is 5.32 Å². The fraction of sp³-hybridized carbons (Fsp3) is 0.727. The van der Waals surface area contributed by atoms with Gasteiger partial charge in [0.25, 0.3) is 0 Å². The van der Waals surface area contributed by atoms with Crippen molar-refractivity contribution in [3.63, 3.8) is 0 Å². The molecule has 2 heterocycles. The van der Waals surface area contributed by atoms with Crippen LogP contribution in [0.1, 0.15) is 43.2 Å². The summed E-state index contributed by atoms with van der Waals surface area (Å²) in [5.74, 6) is 0.216. The van der Waals surface area contributed by atoms with Gasteiger partial charge in [0.05, 0.1) is 12.2 Å². The van der Waals surface area contributed by atoms with Crippen molar-refractivity contribution in [1.29, 1.82) is 0 Å². The van der Waals surface area contributed by atoms with E-state index in [4.69, 9.17) is 0 Å². The molecule has 5 nitrogen and oxygen atoms in total. The summed E-state index contributed by atoms with van der Waals surface area (Å²) >= 11 is 0. The molecular formula is C11H18N4O. The van der Waals surface area contributed by atoms with Crippen LogP contribution in [0, 0.1) is 5.92 Å². The van der Waals surface area contributed by atoms with Crippen LogP contribution >= 0.6 is 0 Å². The van der Waals surface area contributed by atoms with E-state index < -0.39 is 0 Å². The Balaban J connectivity index is 2.08. The predicted molar refractivity (Wildman–Crippen MR) is 60.3 cm³/mol. The summed E-state index contributed by atoms with van der Waals surface area (Å²) in [6.45, 7) is 5.91. The van der Waals surface area contributed by atoms with Gasteiger partial charge in [0.2, 0.25) is 0 Å². The highest BCUT2D eigenvalue weighted by Crippen LogP contribution is 2.16. The van der Waals surface area contributed by atoms with Crippen LogP contribution in [-0.2, 0) is 0 Å². The van der Waals surface area contributed by atoms with Gasteiger partial charge in [0, 0.05) is 19.0 Å². The lowest BCUT2D eigenvalue weighted by Gasteiger charge is -2.26. The summed E-state index contributed by atoms with van der Waals surface area (Å²) in [7, 11) is 0. The molecule has 16 heavy (non-hydrogen) atoms. The molecule has 0 aromatic carbocycles. The van der Waals surface area contributed by atoms with Gasteiger partial charge in [-0.05, 0) is 12.8 Å². The number of rotatable bonds is 5. The molecule has 88 valence electrons. The number of carbonyl (C=O) groups is 1. The molecule has 5 heteroatoms. The van der Waals surface area contributed by atoms with E-state index in [1.807, 2.05) is 13.8 Å². The fourth-order valence-electron chi connectivity index (χ4n) is 1.90. The molecular weight excluding hydrogens is 204 g/mol. The molecule has 0 amide bonds. The predicted octanol–water partition coefficient (Wildman–Crippen LogP) is 1.04. The molecule has 0 unspecified atom stereocenters. The van der Waals surface area contributed by atoms with Gasteiger partial charge in [-0.15, -0.1) is 5.10 Å². The molecule has 0 bridgehead atoms. The Morgan fingerprint density at radius 3 is 2.75 bits per heavy atom. The Kier molecular flexibility index (Phi) is 3.33. The average molecular weight is 222 g/mol. The first-order valence-electron chi connectivity index (χ1n) is 5.93. The number of aromatic nitrogens is 3. The number of nitrogens with zero attached hydrogens (tertiary/aromatic N) is 3. The third-order valence-corrected chi connectivity index (χ3v) is 3.25. The molecule has 0 atom stereocenters. The molecule has 2 rings (SSSR count). The summed E-state index contributed by atoms with van der Waals surface area (Å²) in [6.07, 6.45) is 3.52. The van der Waals surface area contributed by atoms with Gasteiger partial charge in [-0.25, -0.2) is 4.68 Å². The van der Waals surface area contributed by atoms with Crippen LogP contribution in [-0.4, -0.2) is 33.9 Å². The maximum absolute atomic E-state index is 12.0. The topological polar surface area (TPSA) is 59.8 Å². The van der Waals surface area contributed by atoms with Gasteiger partial charge in [0.1, 0.15) is 5.69 Å². The standard InChI is InChI=1S/C11H18N4O/c1-3-8(4-2)11(16)10-7-15(14-13-10)9-5-12-6-9/h7-9,12H,3-6H2,1-2H3. The van der Waals surface area contributed by atoms with Crippen molar-refractivity contribution in [1.82, 2.24) is 20.3 Å². The van der Waals surface area contributed by atoms with Gasteiger partial charge in [-0.2, -0.15) is 0 Å². The molecule has 1 aliphatic heterocycles. The number of carbonyl (C=O) groups excluding carboxylic acids is 1. The molecule has 0 saturated carbocycles. The molecule has 0 radical (unpaired) electrons. The van der Waals surface area contributed by atoms with Gasteiger partial charge in [0.15, 0.2) is 5.78 Å². The smallest absolute Gasteiger partial charge is 0.187 e. The Hall–Kier alpha value is -1.23. The van der Waals surface area contributed by atoms with E-state index >= 15 is 0 Å². The minimum atomic E-state index is 0.0877. The summed E-state index contributed by atoms with van der Waals surface area (Å²) in [5.41, 5.74) is 0.514. The lowest BCUT2D eigenvalue weighted by atomic mass is 9.96. The van der Waals surface area contributed by atoms with E-state index in [9.17, 15) is 4.79 Å². The van der Waals surface area contributed by atoms with Crippen LogP contribution in [0.15, 0.2) is 6.20 Å². The van der Waals surface area contributed by atoms with E-state index in [1.54, 1.807) is 10.9 Å². The Labute approximate surface area is 95.2 Å². The molecule has 1 N–H and O–H groups in total. The highest BCUT2D eigenvalue weighted by molar-refractivity contribution is 5.95. The van der Waals surface area contributed by atoms with E-state index in [0.717, 1.165) is 25.9 Å². The number of hydrogen-bond acceptors (Lipinski definition) is 4. The van der Waals surface area contributed by atoms with Gasteiger partial charge in [-0.3, -0.25) is 4.79 Å². The number of Topliss-reactive ketones (excluding diaryl/α,β-unsaturated/α-hetero) is 1. The van der Waals surface area contributed by atoms with Gasteiger partial charge < -0.3 is 5.32 Å². The minimum absolute atomic E-state index is 0.0877. The highest BCUT2D eigenvalue weighted by Gasteiger charge is 2.23. The van der Waals surface area contributed by atoms with Crippen LogP contribution in [0.2, 0.25) is 0 Å². The van der Waals surface area contributed by atoms with Crippen LogP contribution in [0.3, 0.4) is 0 Å². The van der Waals surface area contributed by atoms with E-state index in [0.29, 0.717) is 11.7 Å². The van der Waals surface area contributed by atoms with Crippen molar-refractivity contribution in [2.24, 2.45) is 5.92 Å². The lowest BCUT2D eigenvalue weighted by molar-refractivity contribution is 0.0908. The molecule has 1 aliphatic rings. The summed E-state index contributed by atoms with van der Waals surface area (Å²) in [4.78, 5) is 12.0. The minimum Gasteiger partial charge on any atom is -0.312 e. The summed E-state index contributed by atoms with van der Waals surface area (Å²) in [6, 6.07) is 0.371. The quantitative estimate of drug-likeness (QED) is 0.756. The molecule has 0 spiro atoms. The Morgan fingerprint density at radius 1 is 1.56 bits per heavy atom. The normalized spacial score (nSPS) is 16.4. The zero-order chi connectivity index (χ0) is 11.5. The first-order chi connectivity index (χ1) is 7.76. The van der Waals surface area contributed by atoms with E-state index in [1.165, 1.54) is 0 Å². The monoisotopic (exact) mass is 222 g/mol. The molecule has 0 aliphatic carbocycles. The number of nitrogens with one attached hydrogen (secondary N) is 1. The van der Waals surface area contributed by atoms with Crippen LogP contribution in [0.5, 0.6) is 0 Å². The Bertz CT molecular complexity index is 366. The third-order valence-electron chi connectivity index (χ3n) is 3.25. The third kappa shape index (κ3) is 2.00. The molecule has 1 aromatic heterocycles. The molecule has 1 saturated heterocycles. The van der Waals surface area contributed by atoms with Crippen molar-refractivity contribution in [3.05, 3.63) is 11.9 Å². The van der Waals surface area contributed by atoms with Crippen molar-refractivity contribution in [2.45, 2.75) is 32.7 Å². The van der Waals surface area contributed by atoms with Crippen LogP contribution in [0.25, 0.3) is 0 Å². The first-order valence-corrected chi connectivity index (χ1v) is 5.93. The van der Waals surface area contributed by atoms with Gasteiger partial charge >= 0.3 is 0 Å². The van der Waals surface area contributed by atoms with Gasteiger partial charge in [-0.1, -0.05) is 19.1 Å². The van der Waals surface area contributed by atoms with E-state index in [-0.39, 0.29) is 11.7 Å².